The molecule has 1 unspecified atom stereocenters. The minimum atomic E-state index is -4.09. The summed E-state index contributed by atoms with van der Waals surface area (Å²) < 4.78 is 28.7. The number of aliphatic hydroxyl groups is 1. The summed E-state index contributed by atoms with van der Waals surface area (Å²) in [5.41, 5.74) is 4.03. The van der Waals surface area contributed by atoms with Gasteiger partial charge in [-0.3, -0.25) is 0 Å². The van der Waals surface area contributed by atoms with Crippen LogP contribution >= 0.6 is 15.9 Å². The zero-order valence-corrected chi connectivity index (χ0v) is 20.6. The summed E-state index contributed by atoms with van der Waals surface area (Å²) in [7, 11) is -4.09. The summed E-state index contributed by atoms with van der Waals surface area (Å²) >= 11 is 3.52. The lowest BCUT2D eigenvalue weighted by Gasteiger charge is -2.22. The Kier molecular flexibility index (Phi) is 7.13. The van der Waals surface area contributed by atoms with E-state index in [9.17, 15) is 18.3 Å². The average molecular weight is 509 g/mol. The summed E-state index contributed by atoms with van der Waals surface area (Å²) in [6, 6.07) is 7.71. The second-order valence-electron chi connectivity index (χ2n) is 8.60. The van der Waals surface area contributed by atoms with Crippen molar-refractivity contribution in [3.63, 3.8) is 0 Å². The highest BCUT2D eigenvalue weighted by atomic mass is 79.9. The zero-order chi connectivity index (χ0) is 22.9. The largest absolute Gasteiger partial charge is 0.388 e. The Labute approximate surface area is 192 Å². The molecule has 168 valence electrons. The number of hydrogen-bond donors (Lipinski definition) is 3. The van der Waals surface area contributed by atoms with Crippen molar-refractivity contribution in [2.45, 2.75) is 69.8 Å². The fraction of sp³-hybridized carbons (Fsp3) is 0.435. The van der Waals surface area contributed by atoms with E-state index in [0.29, 0.717) is 17.7 Å². The van der Waals surface area contributed by atoms with Gasteiger partial charge in [0.2, 0.25) is 0 Å². The van der Waals surface area contributed by atoms with E-state index in [1.54, 1.807) is 6.07 Å². The van der Waals surface area contributed by atoms with E-state index >= 15 is 0 Å². The van der Waals surface area contributed by atoms with Crippen LogP contribution in [0, 0.1) is 0 Å². The fourth-order valence-corrected chi connectivity index (χ4v) is 5.38. The van der Waals surface area contributed by atoms with Gasteiger partial charge in [0.25, 0.3) is 10.0 Å². The van der Waals surface area contributed by atoms with Gasteiger partial charge < -0.3 is 10.4 Å². The Morgan fingerprint density at radius 2 is 1.71 bits per heavy atom. The molecule has 3 rings (SSSR count). The van der Waals surface area contributed by atoms with Crippen LogP contribution in [-0.4, -0.2) is 19.6 Å². The molecule has 1 aliphatic carbocycles. The van der Waals surface area contributed by atoms with E-state index in [1.807, 2.05) is 39.8 Å². The number of urea groups is 1. The van der Waals surface area contributed by atoms with Crippen molar-refractivity contribution >= 4 is 37.7 Å². The van der Waals surface area contributed by atoms with Crippen LogP contribution < -0.4 is 10.0 Å². The molecular formula is C23H29BrN2O4S. The van der Waals surface area contributed by atoms with Gasteiger partial charge in [-0.2, -0.15) is 0 Å². The van der Waals surface area contributed by atoms with Crippen molar-refractivity contribution in [1.82, 2.24) is 4.72 Å². The summed E-state index contributed by atoms with van der Waals surface area (Å²) in [4.78, 5) is 12.7. The van der Waals surface area contributed by atoms with Gasteiger partial charge in [-0.15, -0.1) is 0 Å². The lowest BCUT2D eigenvalue weighted by atomic mass is 9.90. The predicted molar refractivity (Wildman–Crippen MR) is 126 cm³/mol. The number of anilines is 1. The number of nitrogens with one attached hydrogen (secondary N) is 2. The van der Waals surface area contributed by atoms with Crippen LogP contribution in [-0.2, 0) is 16.4 Å². The molecule has 0 bridgehead atoms. The lowest BCUT2D eigenvalue weighted by Crippen LogP contribution is -2.35. The maximum Gasteiger partial charge on any atom is 0.333 e. The molecule has 0 radical (unpaired) electrons. The van der Waals surface area contributed by atoms with Crippen molar-refractivity contribution in [3.05, 3.63) is 57.1 Å². The third-order valence-electron chi connectivity index (χ3n) is 5.58. The second kappa shape index (κ2) is 9.30. The second-order valence-corrected chi connectivity index (χ2v) is 11.2. The molecule has 6 nitrogen and oxygen atoms in total. The molecule has 2 aromatic carbocycles. The van der Waals surface area contributed by atoms with E-state index in [0.717, 1.165) is 34.0 Å². The van der Waals surface area contributed by atoms with E-state index < -0.39 is 22.2 Å². The van der Waals surface area contributed by atoms with Crippen LogP contribution in [0.1, 0.15) is 80.7 Å². The van der Waals surface area contributed by atoms with Gasteiger partial charge in [-0.05, 0) is 77.6 Å². The zero-order valence-electron chi connectivity index (χ0n) is 18.2. The number of halogens is 1. The first kappa shape index (κ1) is 23.8. The number of carbonyl (C=O) groups is 1. The van der Waals surface area contributed by atoms with Gasteiger partial charge in [-0.25, -0.2) is 17.9 Å². The summed E-state index contributed by atoms with van der Waals surface area (Å²) in [6.07, 6.45) is 1.59. The van der Waals surface area contributed by atoms with Crippen molar-refractivity contribution in [2.75, 3.05) is 5.32 Å². The first-order valence-electron chi connectivity index (χ1n) is 10.5. The number of hydrogen-bond acceptors (Lipinski definition) is 4. The van der Waals surface area contributed by atoms with E-state index in [1.165, 1.54) is 12.1 Å². The molecule has 2 aromatic rings. The minimum absolute atomic E-state index is 0.0358. The lowest BCUT2D eigenvalue weighted by molar-refractivity contribution is 0.156. The molecule has 8 heteroatoms. The molecular weight excluding hydrogens is 480 g/mol. The Hall–Kier alpha value is -1.90. The summed E-state index contributed by atoms with van der Waals surface area (Å²) in [6.45, 7) is 8.07. The molecule has 3 N–H and O–H groups in total. The molecule has 31 heavy (non-hydrogen) atoms. The smallest absolute Gasteiger partial charge is 0.333 e. The number of carbonyl (C=O) groups excluding carboxylic acids is 1. The topological polar surface area (TPSA) is 95.5 Å². The number of aryl methyl sites for hydroxylation is 1. The molecule has 0 spiro atoms. The molecule has 1 atom stereocenters. The van der Waals surface area contributed by atoms with Gasteiger partial charge in [0.15, 0.2) is 0 Å². The molecule has 1 aliphatic rings. The predicted octanol–water partition coefficient (Wildman–Crippen LogP) is 5.58. The van der Waals surface area contributed by atoms with E-state index in [-0.39, 0.29) is 16.7 Å². The molecule has 0 saturated heterocycles. The molecule has 2 amide bonds. The van der Waals surface area contributed by atoms with Crippen LogP contribution in [0.15, 0.2) is 39.7 Å². The molecule has 0 fully saturated rings. The normalized spacial score (nSPS) is 16.3. The SMILES string of the molecule is CC(C)c1cc(Br)cc(C(C)C)c1NC(=O)NS(=O)(=O)c1ccc2c(c1)C(O)CCC2. The number of fused-ring (bicyclic) bond motifs is 1. The van der Waals surface area contributed by atoms with Crippen molar-refractivity contribution in [3.8, 4) is 0 Å². The van der Waals surface area contributed by atoms with E-state index in [2.05, 4.69) is 26.0 Å². The minimum Gasteiger partial charge on any atom is -0.388 e. The van der Waals surface area contributed by atoms with Gasteiger partial charge >= 0.3 is 6.03 Å². The van der Waals surface area contributed by atoms with Crippen molar-refractivity contribution < 1.29 is 18.3 Å². The van der Waals surface area contributed by atoms with Crippen molar-refractivity contribution in [2.24, 2.45) is 0 Å². The monoisotopic (exact) mass is 508 g/mol. The first-order chi connectivity index (χ1) is 14.5. The first-order valence-corrected chi connectivity index (χ1v) is 12.7. The standard InChI is InChI=1S/C23H29BrN2O4S/c1-13(2)18-10-16(24)11-19(14(3)4)22(18)25-23(28)26-31(29,30)17-9-8-15-6-5-7-21(27)20(15)12-17/h8-14,21,27H,5-7H2,1-4H3,(H2,25,26,28). The molecule has 0 saturated carbocycles. The van der Waals surface area contributed by atoms with Gasteiger partial charge in [0.1, 0.15) is 0 Å². The number of rotatable bonds is 5. The quantitative estimate of drug-likeness (QED) is 0.491. The van der Waals surface area contributed by atoms with Gasteiger partial charge in [0, 0.05) is 10.2 Å². The molecule has 0 heterocycles. The Bertz CT molecular complexity index is 1070. The highest BCUT2D eigenvalue weighted by molar-refractivity contribution is 9.10. The maximum atomic E-state index is 12.9. The Morgan fingerprint density at radius 1 is 1.10 bits per heavy atom. The Balaban J connectivity index is 1.88. The van der Waals surface area contributed by atoms with Gasteiger partial charge in [-0.1, -0.05) is 49.7 Å². The van der Waals surface area contributed by atoms with Gasteiger partial charge in [0.05, 0.1) is 11.0 Å². The van der Waals surface area contributed by atoms with Crippen LogP contribution in [0.3, 0.4) is 0 Å². The number of aliphatic hydroxyl groups excluding tert-OH is 1. The van der Waals surface area contributed by atoms with Crippen molar-refractivity contribution in [1.29, 1.82) is 0 Å². The third kappa shape index (κ3) is 5.30. The fourth-order valence-electron chi connectivity index (χ4n) is 3.94. The van der Waals surface area contributed by atoms with Crippen LogP contribution in [0.5, 0.6) is 0 Å². The average Bonchev–Trinajstić information content (AvgIpc) is 2.68. The van der Waals surface area contributed by atoms with Crippen LogP contribution in [0.4, 0.5) is 10.5 Å². The summed E-state index contributed by atoms with van der Waals surface area (Å²) in [5, 5.41) is 13.0. The third-order valence-corrected chi connectivity index (χ3v) is 7.37. The summed E-state index contributed by atoms with van der Waals surface area (Å²) in [5.74, 6) is 0.257. The molecule has 0 aliphatic heterocycles. The Morgan fingerprint density at radius 3 is 2.29 bits per heavy atom. The maximum absolute atomic E-state index is 12.9. The number of amides is 2. The van der Waals surface area contributed by atoms with E-state index in [4.69, 9.17) is 0 Å². The molecule has 0 aromatic heterocycles. The van der Waals surface area contributed by atoms with Crippen LogP contribution in [0.25, 0.3) is 0 Å². The highest BCUT2D eigenvalue weighted by Crippen LogP contribution is 2.36. The number of benzene rings is 2. The van der Waals surface area contributed by atoms with Crippen LogP contribution in [0.2, 0.25) is 0 Å². The highest BCUT2D eigenvalue weighted by Gasteiger charge is 2.25. The number of sulfonamides is 1.